The van der Waals surface area contributed by atoms with Gasteiger partial charge in [-0.15, -0.1) is 0 Å². The van der Waals surface area contributed by atoms with Crippen molar-refractivity contribution in [3.63, 3.8) is 0 Å². The lowest BCUT2D eigenvalue weighted by Gasteiger charge is -2.17. The monoisotopic (exact) mass is 231 g/mol. The molecule has 0 saturated carbocycles. The summed E-state index contributed by atoms with van der Waals surface area (Å²) < 4.78 is 5.21. The topological polar surface area (TPSA) is 61.7 Å². The fraction of sp³-hybridized carbons (Fsp3) is 0.400. The Balaban J connectivity index is 3.06. The van der Waals surface area contributed by atoms with Gasteiger partial charge in [0, 0.05) is 25.3 Å². The molecule has 15 heavy (non-hydrogen) atoms. The van der Waals surface area contributed by atoms with E-state index in [1.807, 2.05) is 0 Å². The van der Waals surface area contributed by atoms with Crippen LogP contribution in [0.4, 0.5) is 0 Å². The highest BCUT2D eigenvalue weighted by molar-refractivity contribution is 6.31. The van der Waals surface area contributed by atoms with Gasteiger partial charge in [0.2, 0.25) is 0 Å². The standard InChI is InChI=1S/C10H14ClNO3/c1-12-5-10(15-2)6-3-8(13)9(14)4-7(6)11/h3-4,10,12-14H,5H2,1-2H3. The first-order chi connectivity index (χ1) is 7.10. The molecule has 0 spiro atoms. The van der Waals surface area contributed by atoms with Crippen molar-refractivity contribution in [2.75, 3.05) is 20.7 Å². The van der Waals surface area contributed by atoms with Crippen LogP contribution in [-0.4, -0.2) is 30.9 Å². The van der Waals surface area contributed by atoms with Crippen LogP contribution < -0.4 is 5.32 Å². The maximum absolute atomic E-state index is 9.35. The van der Waals surface area contributed by atoms with Gasteiger partial charge < -0.3 is 20.3 Å². The summed E-state index contributed by atoms with van der Waals surface area (Å²) in [6, 6.07) is 2.71. The van der Waals surface area contributed by atoms with Gasteiger partial charge in [0.05, 0.1) is 11.1 Å². The third-order valence-corrected chi connectivity index (χ3v) is 2.44. The zero-order valence-corrected chi connectivity index (χ0v) is 9.38. The number of hydrogen-bond acceptors (Lipinski definition) is 4. The van der Waals surface area contributed by atoms with E-state index < -0.39 is 0 Å². The van der Waals surface area contributed by atoms with E-state index in [-0.39, 0.29) is 17.6 Å². The number of aromatic hydroxyl groups is 2. The third-order valence-electron chi connectivity index (χ3n) is 2.11. The molecular weight excluding hydrogens is 218 g/mol. The number of phenols is 2. The van der Waals surface area contributed by atoms with Crippen LogP contribution in [0.15, 0.2) is 12.1 Å². The number of halogens is 1. The minimum Gasteiger partial charge on any atom is -0.504 e. The smallest absolute Gasteiger partial charge is 0.158 e. The molecular formula is C10H14ClNO3. The number of benzene rings is 1. The lowest BCUT2D eigenvalue weighted by atomic mass is 10.1. The van der Waals surface area contributed by atoms with Crippen LogP contribution in [0.1, 0.15) is 11.7 Å². The lowest BCUT2D eigenvalue weighted by Crippen LogP contribution is -2.18. The van der Waals surface area contributed by atoms with Crippen LogP contribution in [0, 0.1) is 0 Å². The Morgan fingerprint density at radius 1 is 1.40 bits per heavy atom. The van der Waals surface area contributed by atoms with Crippen LogP contribution in [0.25, 0.3) is 0 Å². The number of phenolic OH excluding ortho intramolecular Hbond substituents is 2. The van der Waals surface area contributed by atoms with Gasteiger partial charge in [-0.1, -0.05) is 11.6 Å². The molecule has 0 aromatic heterocycles. The molecule has 0 radical (unpaired) electrons. The normalized spacial score (nSPS) is 12.7. The van der Waals surface area contributed by atoms with E-state index in [4.69, 9.17) is 16.3 Å². The van der Waals surface area contributed by atoms with Crippen molar-refractivity contribution < 1.29 is 14.9 Å². The highest BCUT2D eigenvalue weighted by Gasteiger charge is 2.16. The Labute approximate surface area is 93.4 Å². The molecule has 0 amide bonds. The summed E-state index contributed by atoms with van der Waals surface area (Å²) in [6.45, 7) is 0.570. The van der Waals surface area contributed by atoms with Gasteiger partial charge in [0.25, 0.3) is 0 Å². The molecule has 0 heterocycles. The van der Waals surface area contributed by atoms with Crippen molar-refractivity contribution in [2.45, 2.75) is 6.10 Å². The third kappa shape index (κ3) is 2.75. The Bertz CT molecular complexity index is 344. The van der Waals surface area contributed by atoms with E-state index in [0.717, 1.165) is 0 Å². The molecule has 3 N–H and O–H groups in total. The van der Waals surface area contributed by atoms with Gasteiger partial charge in [-0.25, -0.2) is 0 Å². The Morgan fingerprint density at radius 3 is 2.53 bits per heavy atom. The fourth-order valence-electron chi connectivity index (χ4n) is 1.32. The van der Waals surface area contributed by atoms with Crippen LogP contribution in [0.5, 0.6) is 11.5 Å². The predicted molar refractivity (Wildman–Crippen MR) is 58.5 cm³/mol. The maximum Gasteiger partial charge on any atom is 0.158 e. The van der Waals surface area contributed by atoms with E-state index in [1.165, 1.54) is 12.1 Å². The molecule has 1 unspecified atom stereocenters. The quantitative estimate of drug-likeness (QED) is 0.690. The van der Waals surface area contributed by atoms with E-state index >= 15 is 0 Å². The highest BCUT2D eigenvalue weighted by atomic mass is 35.5. The summed E-state index contributed by atoms with van der Waals surface area (Å²) in [5, 5.41) is 21.9. The molecule has 0 aliphatic heterocycles. The minimum atomic E-state index is -0.256. The summed E-state index contributed by atoms with van der Waals surface area (Å²) in [7, 11) is 3.35. The van der Waals surface area contributed by atoms with Crippen LogP contribution >= 0.6 is 11.6 Å². The van der Waals surface area contributed by atoms with E-state index in [0.29, 0.717) is 17.1 Å². The average Bonchev–Trinajstić information content (AvgIpc) is 2.20. The van der Waals surface area contributed by atoms with Crippen molar-refractivity contribution in [1.29, 1.82) is 0 Å². The van der Waals surface area contributed by atoms with E-state index in [9.17, 15) is 10.2 Å². The molecule has 1 atom stereocenters. The predicted octanol–water partition coefficient (Wildman–Crippen LogP) is 1.66. The molecule has 84 valence electrons. The number of rotatable bonds is 4. The first kappa shape index (κ1) is 12.1. The molecule has 0 aliphatic rings. The summed E-state index contributed by atoms with van der Waals surface area (Å²) in [5.74, 6) is -0.435. The van der Waals surface area contributed by atoms with E-state index in [1.54, 1.807) is 14.2 Å². The van der Waals surface area contributed by atoms with Crippen LogP contribution in [0.2, 0.25) is 5.02 Å². The van der Waals surface area contributed by atoms with Crippen LogP contribution in [0.3, 0.4) is 0 Å². The van der Waals surface area contributed by atoms with Crippen molar-refractivity contribution in [1.82, 2.24) is 5.32 Å². The molecule has 5 heteroatoms. The van der Waals surface area contributed by atoms with Crippen molar-refractivity contribution in [3.8, 4) is 11.5 Å². The SMILES string of the molecule is CNCC(OC)c1cc(O)c(O)cc1Cl. The molecule has 1 aromatic rings. The fourth-order valence-corrected chi connectivity index (χ4v) is 1.60. The lowest BCUT2D eigenvalue weighted by molar-refractivity contribution is 0.104. The molecule has 0 saturated heterocycles. The van der Waals surface area contributed by atoms with E-state index in [2.05, 4.69) is 5.32 Å². The Kier molecular flexibility index (Phi) is 4.20. The molecule has 0 aliphatic carbocycles. The van der Waals surface area contributed by atoms with Gasteiger partial charge in [-0.3, -0.25) is 0 Å². The number of likely N-dealkylation sites (N-methyl/N-ethyl adjacent to an activating group) is 1. The van der Waals surface area contributed by atoms with Crippen molar-refractivity contribution in [3.05, 3.63) is 22.7 Å². The molecule has 1 aromatic carbocycles. The summed E-state index contributed by atoms with van der Waals surface area (Å²) >= 11 is 5.93. The molecule has 4 nitrogen and oxygen atoms in total. The summed E-state index contributed by atoms with van der Waals surface area (Å²) in [5.41, 5.74) is 0.642. The zero-order valence-electron chi connectivity index (χ0n) is 8.62. The zero-order chi connectivity index (χ0) is 11.4. The Hall–Kier alpha value is -0.970. The van der Waals surface area contributed by atoms with Gasteiger partial charge >= 0.3 is 0 Å². The second kappa shape index (κ2) is 5.21. The van der Waals surface area contributed by atoms with Gasteiger partial charge in [-0.2, -0.15) is 0 Å². The second-order valence-electron chi connectivity index (χ2n) is 3.14. The largest absolute Gasteiger partial charge is 0.504 e. The minimum absolute atomic E-state index is 0.201. The first-order valence-electron chi connectivity index (χ1n) is 4.49. The van der Waals surface area contributed by atoms with Gasteiger partial charge in [-0.05, 0) is 13.1 Å². The summed E-state index contributed by atoms with van der Waals surface area (Å²) in [4.78, 5) is 0. The number of nitrogens with one attached hydrogen (secondary N) is 1. The van der Waals surface area contributed by atoms with Crippen molar-refractivity contribution in [2.24, 2.45) is 0 Å². The summed E-state index contributed by atoms with van der Waals surface area (Å²) in [6.07, 6.45) is -0.256. The number of ether oxygens (including phenoxy) is 1. The van der Waals surface area contributed by atoms with Gasteiger partial charge in [0.15, 0.2) is 11.5 Å². The average molecular weight is 232 g/mol. The second-order valence-corrected chi connectivity index (χ2v) is 3.55. The Morgan fingerprint density at radius 2 is 2.00 bits per heavy atom. The molecule has 1 rings (SSSR count). The first-order valence-corrected chi connectivity index (χ1v) is 4.86. The number of hydrogen-bond donors (Lipinski definition) is 3. The highest BCUT2D eigenvalue weighted by Crippen LogP contribution is 2.35. The van der Waals surface area contributed by atoms with Gasteiger partial charge in [0.1, 0.15) is 0 Å². The number of methoxy groups -OCH3 is 1. The van der Waals surface area contributed by atoms with Crippen molar-refractivity contribution >= 4 is 11.6 Å². The molecule has 0 fully saturated rings. The molecule has 0 bridgehead atoms. The van der Waals surface area contributed by atoms with Crippen LogP contribution in [-0.2, 0) is 4.74 Å². The maximum atomic E-state index is 9.35.